The second-order valence-corrected chi connectivity index (χ2v) is 5.57. The molecule has 1 aromatic rings. The second-order valence-electron chi connectivity index (χ2n) is 5.19. The van der Waals surface area contributed by atoms with Gasteiger partial charge in [-0.3, -0.25) is 4.68 Å². The third-order valence-corrected chi connectivity index (χ3v) is 4.43. The maximum atomic E-state index is 6.43. The first-order chi connectivity index (χ1) is 9.17. The molecule has 5 heteroatoms. The maximum absolute atomic E-state index is 6.43. The third-order valence-electron chi connectivity index (χ3n) is 3.99. The number of aryl methyl sites for hydroxylation is 2. The first-order valence-corrected chi connectivity index (χ1v) is 7.62. The molecule has 1 aromatic heterocycles. The lowest BCUT2D eigenvalue weighted by Gasteiger charge is -2.27. The highest BCUT2D eigenvalue weighted by Gasteiger charge is 2.24. The average molecular weight is 286 g/mol. The molecule has 19 heavy (non-hydrogen) atoms. The van der Waals surface area contributed by atoms with Crippen LogP contribution in [0.2, 0.25) is 5.02 Å². The number of hydrogen-bond donors (Lipinski definition) is 1. The van der Waals surface area contributed by atoms with E-state index in [0.717, 1.165) is 61.9 Å². The fourth-order valence-electron chi connectivity index (χ4n) is 2.75. The molecule has 1 aliphatic heterocycles. The van der Waals surface area contributed by atoms with Crippen molar-refractivity contribution in [3.63, 3.8) is 0 Å². The molecule has 108 valence electrons. The van der Waals surface area contributed by atoms with Crippen LogP contribution in [0.4, 0.5) is 0 Å². The highest BCUT2D eigenvalue weighted by atomic mass is 35.5. The fraction of sp³-hybridized carbons (Fsp3) is 0.786. The number of halogens is 1. The van der Waals surface area contributed by atoms with Crippen LogP contribution in [0, 0.1) is 5.92 Å². The highest BCUT2D eigenvalue weighted by Crippen LogP contribution is 2.26. The summed E-state index contributed by atoms with van der Waals surface area (Å²) in [4.78, 5) is 0. The molecule has 0 radical (unpaired) electrons. The molecule has 4 nitrogen and oxygen atoms in total. The van der Waals surface area contributed by atoms with Crippen LogP contribution in [0.15, 0.2) is 0 Å². The lowest BCUT2D eigenvalue weighted by molar-refractivity contribution is 0.0583. The van der Waals surface area contributed by atoms with E-state index in [1.54, 1.807) is 0 Å². The van der Waals surface area contributed by atoms with Crippen molar-refractivity contribution in [2.75, 3.05) is 13.2 Å². The van der Waals surface area contributed by atoms with Crippen LogP contribution >= 0.6 is 11.6 Å². The first-order valence-electron chi connectivity index (χ1n) is 7.24. The topological polar surface area (TPSA) is 53.1 Å². The van der Waals surface area contributed by atoms with Crippen molar-refractivity contribution in [3.8, 4) is 0 Å². The van der Waals surface area contributed by atoms with Crippen LogP contribution in [0.5, 0.6) is 0 Å². The number of hydrogen-bond acceptors (Lipinski definition) is 3. The standard InChI is InChI=1S/C14H24ClN3O/c1-3-12-14(15)13(18(4-2)17-12)9-11(16)10-5-7-19-8-6-10/h10-11H,3-9,16H2,1-2H3. The normalized spacial score (nSPS) is 18.7. The summed E-state index contributed by atoms with van der Waals surface area (Å²) in [5.74, 6) is 0.537. The van der Waals surface area contributed by atoms with E-state index < -0.39 is 0 Å². The smallest absolute Gasteiger partial charge is 0.0850 e. The maximum Gasteiger partial charge on any atom is 0.0850 e. The summed E-state index contributed by atoms with van der Waals surface area (Å²) in [7, 11) is 0. The van der Waals surface area contributed by atoms with Crippen LogP contribution in [0.1, 0.15) is 38.1 Å². The Morgan fingerprint density at radius 2 is 2.11 bits per heavy atom. The number of ether oxygens (including phenoxy) is 1. The van der Waals surface area contributed by atoms with Crippen molar-refractivity contribution < 1.29 is 4.74 Å². The molecule has 0 spiro atoms. The van der Waals surface area contributed by atoms with Crippen molar-refractivity contribution >= 4 is 11.6 Å². The van der Waals surface area contributed by atoms with E-state index >= 15 is 0 Å². The Balaban J connectivity index is 2.10. The Bertz CT molecular complexity index is 413. The van der Waals surface area contributed by atoms with Crippen LogP contribution in [-0.2, 0) is 24.1 Å². The summed E-state index contributed by atoms with van der Waals surface area (Å²) in [5, 5.41) is 5.36. The highest BCUT2D eigenvalue weighted by molar-refractivity contribution is 6.31. The zero-order valence-electron chi connectivity index (χ0n) is 11.9. The second kappa shape index (κ2) is 6.73. The first kappa shape index (κ1) is 14.8. The van der Waals surface area contributed by atoms with Crippen molar-refractivity contribution in [1.29, 1.82) is 0 Å². The van der Waals surface area contributed by atoms with E-state index in [1.807, 2.05) is 4.68 Å². The van der Waals surface area contributed by atoms with E-state index in [1.165, 1.54) is 0 Å². The van der Waals surface area contributed by atoms with Crippen LogP contribution in [-0.4, -0.2) is 29.0 Å². The van der Waals surface area contributed by atoms with Crippen LogP contribution in [0.25, 0.3) is 0 Å². The predicted octanol–water partition coefficient (Wildman–Crippen LogP) is 2.42. The molecule has 2 N–H and O–H groups in total. The van der Waals surface area contributed by atoms with Crippen LogP contribution < -0.4 is 5.73 Å². The summed E-state index contributed by atoms with van der Waals surface area (Å²) in [6.45, 7) is 6.68. The number of nitrogens with zero attached hydrogens (tertiary/aromatic N) is 2. The van der Waals surface area contributed by atoms with E-state index in [0.29, 0.717) is 5.92 Å². The van der Waals surface area contributed by atoms with Gasteiger partial charge in [-0.1, -0.05) is 18.5 Å². The Labute approximate surface area is 120 Å². The zero-order valence-corrected chi connectivity index (χ0v) is 12.6. The summed E-state index contributed by atoms with van der Waals surface area (Å²) < 4.78 is 7.39. The Hall–Kier alpha value is -0.580. The minimum Gasteiger partial charge on any atom is -0.381 e. The third kappa shape index (κ3) is 3.30. The van der Waals surface area contributed by atoms with Gasteiger partial charge in [-0.25, -0.2) is 0 Å². The van der Waals surface area contributed by atoms with Crippen molar-refractivity contribution in [2.45, 2.75) is 52.1 Å². The zero-order chi connectivity index (χ0) is 13.8. The van der Waals surface area contributed by atoms with Gasteiger partial charge in [0.25, 0.3) is 0 Å². The van der Waals surface area contributed by atoms with Gasteiger partial charge >= 0.3 is 0 Å². The van der Waals surface area contributed by atoms with Gasteiger partial charge in [0, 0.05) is 32.2 Å². The van der Waals surface area contributed by atoms with Crippen LogP contribution in [0.3, 0.4) is 0 Å². The van der Waals surface area contributed by atoms with Gasteiger partial charge in [0.05, 0.1) is 16.4 Å². The summed E-state index contributed by atoms with van der Waals surface area (Å²) in [6, 6.07) is 0.146. The summed E-state index contributed by atoms with van der Waals surface area (Å²) >= 11 is 6.43. The minimum absolute atomic E-state index is 0.146. The average Bonchev–Trinajstić information content (AvgIpc) is 2.76. The molecule has 0 amide bonds. The largest absolute Gasteiger partial charge is 0.381 e. The molecule has 2 rings (SSSR count). The molecular formula is C14H24ClN3O. The van der Waals surface area contributed by atoms with Gasteiger partial charge in [-0.15, -0.1) is 0 Å². The summed E-state index contributed by atoms with van der Waals surface area (Å²) in [5.41, 5.74) is 8.45. The fourth-order valence-corrected chi connectivity index (χ4v) is 3.09. The molecule has 1 unspecified atom stereocenters. The lowest BCUT2D eigenvalue weighted by Crippen LogP contribution is -2.36. The lowest BCUT2D eigenvalue weighted by atomic mass is 9.89. The Kier molecular flexibility index (Phi) is 5.25. The molecule has 0 bridgehead atoms. The molecule has 0 aromatic carbocycles. The minimum atomic E-state index is 0.146. The van der Waals surface area contributed by atoms with E-state index in [2.05, 4.69) is 18.9 Å². The molecule has 1 atom stereocenters. The quantitative estimate of drug-likeness (QED) is 0.904. The molecule has 0 saturated carbocycles. The molecule has 0 aliphatic carbocycles. The van der Waals surface area contributed by atoms with Gasteiger partial charge in [-0.05, 0) is 32.1 Å². The predicted molar refractivity (Wildman–Crippen MR) is 77.5 cm³/mol. The van der Waals surface area contributed by atoms with Gasteiger partial charge < -0.3 is 10.5 Å². The van der Waals surface area contributed by atoms with E-state index in [-0.39, 0.29) is 6.04 Å². The van der Waals surface area contributed by atoms with Crippen molar-refractivity contribution in [1.82, 2.24) is 9.78 Å². The molecule has 1 aliphatic rings. The van der Waals surface area contributed by atoms with Crippen molar-refractivity contribution in [3.05, 3.63) is 16.4 Å². The molecule has 1 saturated heterocycles. The van der Waals surface area contributed by atoms with Crippen molar-refractivity contribution in [2.24, 2.45) is 11.7 Å². The Morgan fingerprint density at radius 1 is 1.42 bits per heavy atom. The molecular weight excluding hydrogens is 262 g/mol. The number of aromatic nitrogens is 2. The number of nitrogens with two attached hydrogens (primary N) is 1. The van der Waals surface area contributed by atoms with Gasteiger partial charge in [0.15, 0.2) is 0 Å². The van der Waals surface area contributed by atoms with E-state index in [9.17, 15) is 0 Å². The SMILES string of the molecule is CCc1nn(CC)c(CC(N)C2CCOCC2)c1Cl. The summed E-state index contributed by atoms with van der Waals surface area (Å²) in [6.07, 6.45) is 3.79. The van der Waals surface area contributed by atoms with Gasteiger partial charge in [-0.2, -0.15) is 5.10 Å². The van der Waals surface area contributed by atoms with Gasteiger partial charge in [0.1, 0.15) is 0 Å². The number of rotatable bonds is 5. The molecule has 1 fully saturated rings. The molecule has 2 heterocycles. The van der Waals surface area contributed by atoms with E-state index in [4.69, 9.17) is 22.1 Å². The monoisotopic (exact) mass is 285 g/mol. The Morgan fingerprint density at radius 3 is 2.68 bits per heavy atom. The van der Waals surface area contributed by atoms with Gasteiger partial charge in [0.2, 0.25) is 0 Å².